The first-order chi connectivity index (χ1) is 8.38. The van der Waals surface area contributed by atoms with E-state index in [4.69, 9.17) is 10.3 Å². The smallest absolute Gasteiger partial charge is 0.245 e. The first-order valence-corrected chi connectivity index (χ1v) is 5.61. The average Bonchev–Trinajstić information content (AvgIpc) is 2.62. The van der Waals surface area contributed by atoms with E-state index in [1.807, 2.05) is 0 Å². The van der Waals surface area contributed by atoms with E-state index in [-0.39, 0.29) is 43.2 Å². The van der Waals surface area contributed by atoms with E-state index in [9.17, 15) is 9.59 Å². The summed E-state index contributed by atoms with van der Waals surface area (Å²) in [5, 5.41) is 6.16. The van der Waals surface area contributed by atoms with E-state index < -0.39 is 0 Å². The number of nitrogens with one attached hydrogen (secondary N) is 1. The van der Waals surface area contributed by atoms with Gasteiger partial charge in [-0.3, -0.25) is 9.59 Å². The van der Waals surface area contributed by atoms with Crippen LogP contribution in [-0.4, -0.2) is 41.5 Å². The van der Waals surface area contributed by atoms with Gasteiger partial charge in [0.1, 0.15) is 5.76 Å². The van der Waals surface area contributed by atoms with Crippen molar-refractivity contribution in [2.75, 3.05) is 18.9 Å². The van der Waals surface area contributed by atoms with Crippen molar-refractivity contribution >= 4 is 30.0 Å². The summed E-state index contributed by atoms with van der Waals surface area (Å²) in [4.78, 5) is 24.5. The average molecular weight is 291 g/mol. The second-order valence-electron chi connectivity index (χ2n) is 4.30. The lowest BCUT2D eigenvalue weighted by atomic mass is 10.2. The van der Waals surface area contributed by atoms with Gasteiger partial charge in [0, 0.05) is 25.6 Å². The van der Waals surface area contributed by atoms with Crippen LogP contribution in [0.4, 0.5) is 5.82 Å². The van der Waals surface area contributed by atoms with Crippen LogP contribution in [0.15, 0.2) is 10.6 Å². The largest absolute Gasteiger partial charge is 0.360 e. The molecule has 1 rings (SSSR count). The third kappa shape index (κ3) is 6.21. The maximum atomic E-state index is 11.6. The third-order valence-corrected chi connectivity index (χ3v) is 2.20. The Bertz CT molecular complexity index is 433. The third-order valence-electron chi connectivity index (χ3n) is 2.20. The minimum Gasteiger partial charge on any atom is -0.360 e. The van der Waals surface area contributed by atoms with E-state index >= 15 is 0 Å². The molecule has 0 aliphatic rings. The molecule has 1 unspecified atom stereocenters. The highest BCUT2D eigenvalue weighted by Crippen LogP contribution is 2.06. The highest BCUT2D eigenvalue weighted by molar-refractivity contribution is 5.93. The molecule has 8 heteroatoms. The van der Waals surface area contributed by atoms with Gasteiger partial charge in [-0.25, -0.2) is 0 Å². The summed E-state index contributed by atoms with van der Waals surface area (Å²) in [6.45, 7) is 3.42. The molecule has 0 bridgehead atoms. The lowest BCUT2D eigenvalue weighted by Crippen LogP contribution is -2.37. The maximum Gasteiger partial charge on any atom is 0.245 e. The van der Waals surface area contributed by atoms with E-state index in [0.29, 0.717) is 11.6 Å². The first-order valence-electron chi connectivity index (χ1n) is 5.61. The minimum atomic E-state index is -0.330. The molecule has 19 heavy (non-hydrogen) atoms. The van der Waals surface area contributed by atoms with Crippen LogP contribution < -0.4 is 11.1 Å². The lowest BCUT2D eigenvalue weighted by Gasteiger charge is -2.17. The van der Waals surface area contributed by atoms with Crippen LogP contribution in [0.5, 0.6) is 0 Å². The number of rotatable bonds is 5. The van der Waals surface area contributed by atoms with Crippen LogP contribution in [0.1, 0.15) is 19.1 Å². The zero-order valence-electron chi connectivity index (χ0n) is 11.2. The second-order valence-corrected chi connectivity index (χ2v) is 4.30. The molecule has 0 aliphatic carbocycles. The number of carbonyl (C=O) groups excluding carboxylic acids is 2. The molecular weight excluding hydrogens is 272 g/mol. The number of hydrogen-bond donors (Lipinski definition) is 2. The number of nitrogens with two attached hydrogens (primary N) is 1. The zero-order valence-corrected chi connectivity index (χ0v) is 12.0. The molecule has 0 saturated carbocycles. The summed E-state index contributed by atoms with van der Waals surface area (Å²) in [5.74, 6) is 0.442. The van der Waals surface area contributed by atoms with Gasteiger partial charge in [-0.05, 0) is 13.8 Å². The van der Waals surface area contributed by atoms with Crippen molar-refractivity contribution in [2.45, 2.75) is 26.3 Å². The number of carbonyl (C=O) groups is 2. The van der Waals surface area contributed by atoms with E-state index in [1.54, 1.807) is 27.0 Å². The van der Waals surface area contributed by atoms with Gasteiger partial charge < -0.3 is 20.5 Å². The quantitative estimate of drug-likeness (QED) is 0.824. The van der Waals surface area contributed by atoms with E-state index in [2.05, 4.69) is 10.5 Å². The van der Waals surface area contributed by atoms with Gasteiger partial charge in [0.15, 0.2) is 5.82 Å². The Morgan fingerprint density at radius 3 is 2.68 bits per heavy atom. The molecule has 108 valence electrons. The van der Waals surface area contributed by atoms with Gasteiger partial charge in [-0.15, -0.1) is 12.4 Å². The molecule has 0 saturated heterocycles. The fourth-order valence-electron chi connectivity index (χ4n) is 1.34. The van der Waals surface area contributed by atoms with Crippen molar-refractivity contribution in [1.82, 2.24) is 10.1 Å². The number of halogens is 1. The van der Waals surface area contributed by atoms with Crippen molar-refractivity contribution in [3.63, 3.8) is 0 Å². The molecule has 0 spiro atoms. The number of nitrogens with zero attached hydrogens (tertiary/aromatic N) is 2. The molecule has 0 radical (unpaired) electrons. The molecule has 0 fully saturated rings. The Balaban J connectivity index is 0.00000324. The molecule has 1 aromatic heterocycles. The highest BCUT2D eigenvalue weighted by atomic mass is 35.5. The van der Waals surface area contributed by atoms with E-state index in [1.165, 1.54) is 4.90 Å². The monoisotopic (exact) mass is 290 g/mol. The van der Waals surface area contributed by atoms with Crippen LogP contribution in [0, 0.1) is 6.92 Å². The molecule has 1 heterocycles. The Kier molecular flexibility index (Phi) is 7.10. The Morgan fingerprint density at radius 1 is 1.58 bits per heavy atom. The van der Waals surface area contributed by atoms with Crippen molar-refractivity contribution in [1.29, 1.82) is 0 Å². The van der Waals surface area contributed by atoms with Crippen LogP contribution in [0.3, 0.4) is 0 Å². The molecule has 3 N–H and O–H groups in total. The van der Waals surface area contributed by atoms with Gasteiger partial charge >= 0.3 is 0 Å². The summed E-state index contributed by atoms with van der Waals surface area (Å²) in [6, 6.07) is 1.38. The fraction of sp³-hybridized carbons (Fsp3) is 0.545. The molecule has 0 aromatic carbocycles. The standard InChI is InChI=1S/C11H18N4O3.ClH/c1-7(12)4-11(17)15(3)6-10(16)13-9-5-8(2)18-14-9;/h5,7H,4,6,12H2,1-3H3,(H,13,14,16);1H. The molecule has 2 amide bonds. The number of likely N-dealkylation sites (N-methyl/N-ethyl adjacent to an activating group) is 1. The van der Waals surface area contributed by atoms with Crippen molar-refractivity contribution in [3.05, 3.63) is 11.8 Å². The fourth-order valence-corrected chi connectivity index (χ4v) is 1.34. The SMILES string of the molecule is Cc1cc(NC(=O)CN(C)C(=O)CC(C)N)no1.Cl. The highest BCUT2D eigenvalue weighted by Gasteiger charge is 2.15. The number of aromatic nitrogens is 1. The second kappa shape index (κ2) is 7.75. The summed E-state index contributed by atoms with van der Waals surface area (Å²) >= 11 is 0. The molecule has 1 aromatic rings. The maximum absolute atomic E-state index is 11.6. The Morgan fingerprint density at radius 2 is 2.21 bits per heavy atom. The zero-order chi connectivity index (χ0) is 13.7. The molecule has 0 aliphatic heterocycles. The van der Waals surface area contributed by atoms with E-state index in [0.717, 1.165) is 0 Å². The summed E-state index contributed by atoms with van der Waals surface area (Å²) < 4.78 is 4.81. The summed E-state index contributed by atoms with van der Waals surface area (Å²) in [7, 11) is 1.55. The topological polar surface area (TPSA) is 101 Å². The predicted octanol–water partition coefficient (Wildman–Crippen LogP) is 0.539. The van der Waals surface area contributed by atoms with Gasteiger partial charge in [0.25, 0.3) is 0 Å². The van der Waals surface area contributed by atoms with Gasteiger partial charge in [0.2, 0.25) is 11.8 Å². The van der Waals surface area contributed by atoms with Gasteiger partial charge in [0.05, 0.1) is 6.54 Å². The summed E-state index contributed by atoms with van der Waals surface area (Å²) in [5.41, 5.74) is 5.52. The first kappa shape index (κ1) is 17.4. The molecule has 7 nitrogen and oxygen atoms in total. The van der Waals surface area contributed by atoms with Gasteiger partial charge in [-0.1, -0.05) is 5.16 Å². The molecular formula is C11H19ClN4O3. The van der Waals surface area contributed by atoms with Crippen molar-refractivity contribution < 1.29 is 14.1 Å². The lowest BCUT2D eigenvalue weighted by molar-refractivity contribution is -0.133. The summed E-state index contributed by atoms with van der Waals surface area (Å²) in [6.07, 6.45) is 0.215. The Hall–Kier alpha value is -1.60. The van der Waals surface area contributed by atoms with Crippen molar-refractivity contribution in [3.8, 4) is 0 Å². The van der Waals surface area contributed by atoms with Crippen LogP contribution in [0.25, 0.3) is 0 Å². The van der Waals surface area contributed by atoms with Crippen LogP contribution >= 0.6 is 12.4 Å². The van der Waals surface area contributed by atoms with Crippen LogP contribution in [0.2, 0.25) is 0 Å². The number of amides is 2. The minimum absolute atomic E-state index is 0. The Labute approximate surface area is 117 Å². The van der Waals surface area contributed by atoms with Crippen LogP contribution in [-0.2, 0) is 9.59 Å². The number of aryl methyl sites for hydroxylation is 1. The number of anilines is 1. The van der Waals surface area contributed by atoms with Crippen molar-refractivity contribution in [2.24, 2.45) is 5.73 Å². The van der Waals surface area contributed by atoms with Gasteiger partial charge in [-0.2, -0.15) is 0 Å². The molecule has 1 atom stereocenters. The number of hydrogen-bond acceptors (Lipinski definition) is 5. The normalized spacial score (nSPS) is 11.4. The predicted molar refractivity (Wildman–Crippen MR) is 73.0 cm³/mol.